The third-order valence-corrected chi connectivity index (χ3v) is 2.09. The minimum absolute atomic E-state index is 0. The first-order valence-corrected chi connectivity index (χ1v) is 4.57. The van der Waals surface area contributed by atoms with Crippen molar-refractivity contribution in [2.24, 2.45) is 5.73 Å². The van der Waals surface area contributed by atoms with Gasteiger partial charge in [0.25, 0.3) is 0 Å². The van der Waals surface area contributed by atoms with E-state index in [1.54, 1.807) is 0 Å². The maximum Gasteiger partial charge on any atom is 0.133 e. The smallest absolute Gasteiger partial charge is 0.133 e. The van der Waals surface area contributed by atoms with Crippen LogP contribution in [-0.4, -0.2) is 11.7 Å². The Bertz CT molecular complexity index is 326. The molecule has 1 atom stereocenters. The van der Waals surface area contributed by atoms with E-state index in [9.17, 15) is 13.2 Å². The highest BCUT2D eigenvalue weighted by molar-refractivity contribution is 5.85. The predicted octanol–water partition coefficient (Wildman–Crippen LogP) is 2.30. The van der Waals surface area contributed by atoms with Crippen LogP contribution >= 0.6 is 12.4 Å². The fourth-order valence-corrected chi connectivity index (χ4v) is 1.36. The van der Waals surface area contributed by atoms with Crippen LogP contribution in [-0.2, 0) is 0 Å². The van der Waals surface area contributed by atoms with Crippen molar-refractivity contribution in [2.75, 3.05) is 6.61 Å². The van der Waals surface area contributed by atoms with Gasteiger partial charge in [0, 0.05) is 30.3 Å². The molecule has 0 fully saturated rings. The van der Waals surface area contributed by atoms with Crippen LogP contribution < -0.4 is 5.73 Å². The molecule has 0 bridgehead atoms. The van der Waals surface area contributed by atoms with E-state index in [2.05, 4.69) is 0 Å². The molecular weight excluding hydrogens is 243 g/mol. The van der Waals surface area contributed by atoms with Crippen LogP contribution in [0.4, 0.5) is 13.2 Å². The third kappa shape index (κ3) is 3.66. The van der Waals surface area contributed by atoms with E-state index in [4.69, 9.17) is 10.8 Å². The fourth-order valence-electron chi connectivity index (χ4n) is 1.36. The average molecular weight is 256 g/mol. The van der Waals surface area contributed by atoms with Gasteiger partial charge in [0.2, 0.25) is 0 Å². The van der Waals surface area contributed by atoms with Gasteiger partial charge in [-0.25, -0.2) is 13.2 Å². The summed E-state index contributed by atoms with van der Waals surface area (Å²) in [6, 6.07) is 0.326. The van der Waals surface area contributed by atoms with Crippen molar-refractivity contribution in [3.8, 4) is 0 Å². The molecule has 0 spiro atoms. The normalized spacial score (nSPS) is 12.1. The molecule has 16 heavy (non-hydrogen) atoms. The lowest BCUT2D eigenvalue weighted by molar-refractivity contribution is 0.278. The molecule has 1 aromatic rings. The van der Waals surface area contributed by atoms with Crippen LogP contribution in [0.3, 0.4) is 0 Å². The zero-order chi connectivity index (χ0) is 11.4. The van der Waals surface area contributed by atoms with E-state index in [1.807, 2.05) is 0 Å². The van der Waals surface area contributed by atoms with Crippen molar-refractivity contribution in [2.45, 2.75) is 18.9 Å². The fraction of sp³-hybridized carbons (Fsp3) is 0.400. The molecule has 1 aromatic carbocycles. The highest BCUT2D eigenvalue weighted by Gasteiger charge is 2.17. The summed E-state index contributed by atoms with van der Waals surface area (Å²) in [5.41, 5.74) is 5.19. The number of rotatable bonds is 4. The van der Waals surface area contributed by atoms with E-state index in [0.717, 1.165) is 0 Å². The summed E-state index contributed by atoms with van der Waals surface area (Å²) in [6.07, 6.45) is 0.591. The van der Waals surface area contributed by atoms with Gasteiger partial charge < -0.3 is 10.8 Å². The minimum Gasteiger partial charge on any atom is -0.396 e. The Hall–Kier alpha value is -0.780. The summed E-state index contributed by atoms with van der Waals surface area (Å²) in [5, 5.41) is 8.54. The molecule has 3 N–H and O–H groups in total. The van der Waals surface area contributed by atoms with Gasteiger partial charge in [0.15, 0.2) is 0 Å². The maximum absolute atomic E-state index is 13.2. The molecule has 0 unspecified atom stereocenters. The number of nitrogens with two attached hydrogens (primary N) is 1. The molecule has 0 saturated heterocycles. The first-order valence-electron chi connectivity index (χ1n) is 4.57. The van der Waals surface area contributed by atoms with Crippen LogP contribution in [0.2, 0.25) is 0 Å². The summed E-state index contributed by atoms with van der Waals surface area (Å²) in [6.45, 7) is -0.0991. The van der Waals surface area contributed by atoms with Crippen molar-refractivity contribution >= 4 is 12.4 Å². The number of halogens is 4. The first kappa shape index (κ1) is 15.2. The van der Waals surface area contributed by atoms with E-state index in [1.165, 1.54) is 0 Å². The quantitative estimate of drug-likeness (QED) is 0.867. The van der Waals surface area contributed by atoms with Crippen molar-refractivity contribution in [3.63, 3.8) is 0 Å². The molecule has 0 saturated carbocycles. The lowest BCUT2D eigenvalue weighted by Gasteiger charge is -2.13. The molecule has 0 amide bonds. The van der Waals surface area contributed by atoms with Crippen LogP contribution in [0.5, 0.6) is 0 Å². The van der Waals surface area contributed by atoms with E-state index in [0.29, 0.717) is 18.6 Å². The molecule has 0 radical (unpaired) electrons. The SMILES string of the molecule is Cl.N[C@@H](CCCO)c1c(F)cc(F)cc1F. The standard InChI is InChI=1S/C10H12F3NO.ClH/c11-6-4-7(12)10(8(13)5-6)9(14)2-1-3-15;/h4-5,9,15H,1-3,14H2;1H/t9-;/m0./s1. The Morgan fingerprint density at radius 2 is 1.69 bits per heavy atom. The van der Waals surface area contributed by atoms with Crippen LogP contribution in [0.25, 0.3) is 0 Å². The molecule has 0 aliphatic rings. The van der Waals surface area contributed by atoms with E-state index < -0.39 is 23.5 Å². The van der Waals surface area contributed by atoms with Crippen molar-refractivity contribution < 1.29 is 18.3 Å². The average Bonchev–Trinajstić information content (AvgIpc) is 2.12. The number of aliphatic hydroxyl groups excluding tert-OH is 1. The lowest BCUT2D eigenvalue weighted by atomic mass is 10.0. The van der Waals surface area contributed by atoms with Crippen molar-refractivity contribution in [1.29, 1.82) is 0 Å². The second kappa shape index (κ2) is 6.73. The minimum atomic E-state index is -0.988. The Balaban J connectivity index is 0.00000225. The number of benzene rings is 1. The molecule has 0 aliphatic carbocycles. The molecular formula is C10H13ClF3NO. The van der Waals surface area contributed by atoms with E-state index in [-0.39, 0.29) is 31.0 Å². The second-order valence-electron chi connectivity index (χ2n) is 3.26. The van der Waals surface area contributed by atoms with Crippen LogP contribution in [0.1, 0.15) is 24.4 Å². The van der Waals surface area contributed by atoms with Gasteiger partial charge in [-0.15, -0.1) is 12.4 Å². The second-order valence-corrected chi connectivity index (χ2v) is 3.26. The van der Waals surface area contributed by atoms with Crippen molar-refractivity contribution in [3.05, 3.63) is 35.1 Å². The number of hydrogen-bond acceptors (Lipinski definition) is 2. The highest BCUT2D eigenvalue weighted by Crippen LogP contribution is 2.23. The highest BCUT2D eigenvalue weighted by atomic mass is 35.5. The van der Waals surface area contributed by atoms with E-state index >= 15 is 0 Å². The summed E-state index contributed by atoms with van der Waals surface area (Å²) in [5.74, 6) is -2.95. The van der Waals surface area contributed by atoms with Gasteiger partial charge in [-0.3, -0.25) is 0 Å². The molecule has 0 aliphatic heterocycles. The largest absolute Gasteiger partial charge is 0.396 e. The summed E-state index contributed by atoms with van der Waals surface area (Å²) in [4.78, 5) is 0. The van der Waals surface area contributed by atoms with Crippen LogP contribution in [0, 0.1) is 17.5 Å². The van der Waals surface area contributed by atoms with Gasteiger partial charge in [0.1, 0.15) is 17.5 Å². The maximum atomic E-state index is 13.2. The van der Waals surface area contributed by atoms with Gasteiger partial charge in [-0.2, -0.15) is 0 Å². The Labute approximate surface area is 97.7 Å². The number of hydrogen-bond donors (Lipinski definition) is 2. The van der Waals surface area contributed by atoms with Crippen molar-refractivity contribution in [1.82, 2.24) is 0 Å². The van der Waals surface area contributed by atoms with Gasteiger partial charge >= 0.3 is 0 Å². The zero-order valence-electron chi connectivity index (χ0n) is 8.42. The van der Waals surface area contributed by atoms with Gasteiger partial charge in [0.05, 0.1) is 0 Å². The predicted molar refractivity (Wildman–Crippen MR) is 56.8 cm³/mol. The summed E-state index contributed by atoms with van der Waals surface area (Å²) < 4.78 is 38.9. The molecule has 1 rings (SSSR count). The topological polar surface area (TPSA) is 46.2 Å². The third-order valence-electron chi connectivity index (χ3n) is 2.09. The molecule has 2 nitrogen and oxygen atoms in total. The zero-order valence-corrected chi connectivity index (χ0v) is 9.24. The molecule has 92 valence electrons. The Morgan fingerprint density at radius 1 is 1.19 bits per heavy atom. The Kier molecular flexibility index (Phi) is 6.40. The first-order chi connectivity index (χ1) is 7.06. The summed E-state index contributed by atoms with van der Waals surface area (Å²) >= 11 is 0. The molecule has 0 heterocycles. The lowest BCUT2D eigenvalue weighted by Crippen LogP contribution is -2.15. The molecule has 0 aromatic heterocycles. The Morgan fingerprint density at radius 3 is 2.12 bits per heavy atom. The summed E-state index contributed by atoms with van der Waals surface area (Å²) in [7, 11) is 0. The molecule has 6 heteroatoms. The van der Waals surface area contributed by atoms with Gasteiger partial charge in [-0.05, 0) is 12.8 Å². The van der Waals surface area contributed by atoms with Gasteiger partial charge in [-0.1, -0.05) is 0 Å². The monoisotopic (exact) mass is 255 g/mol. The number of aliphatic hydroxyl groups is 1. The van der Waals surface area contributed by atoms with Crippen LogP contribution in [0.15, 0.2) is 12.1 Å².